The van der Waals surface area contributed by atoms with Gasteiger partial charge in [0.15, 0.2) is 0 Å². The maximum Gasteiger partial charge on any atom is 0.0623 e. The highest BCUT2D eigenvalue weighted by Crippen LogP contribution is 2.55. The minimum Gasteiger partial charge on any atom is -0.379 e. The molecule has 2 heteroatoms. The summed E-state index contributed by atoms with van der Waals surface area (Å²) < 4.78 is 5.40. The Bertz CT molecular complexity index is 171. The molecular formula is C11H21ClO. The molecule has 1 unspecified atom stereocenters. The second-order valence-electron chi connectivity index (χ2n) is 4.94. The zero-order valence-corrected chi connectivity index (χ0v) is 9.95. The highest BCUT2D eigenvalue weighted by molar-refractivity contribution is 6.21. The van der Waals surface area contributed by atoms with Crippen LogP contribution in [0.15, 0.2) is 0 Å². The van der Waals surface area contributed by atoms with Crippen molar-refractivity contribution < 1.29 is 4.74 Å². The minimum atomic E-state index is 0.0152. The Morgan fingerprint density at radius 2 is 2.00 bits per heavy atom. The van der Waals surface area contributed by atoms with E-state index in [1.54, 1.807) is 7.11 Å². The lowest BCUT2D eigenvalue weighted by Crippen LogP contribution is -2.25. The Morgan fingerprint density at radius 3 is 2.31 bits per heavy atom. The number of methoxy groups -OCH3 is 1. The molecule has 13 heavy (non-hydrogen) atoms. The van der Waals surface area contributed by atoms with Gasteiger partial charge in [-0.1, -0.05) is 0 Å². The van der Waals surface area contributed by atoms with Gasteiger partial charge in [-0.2, -0.15) is 0 Å². The molecule has 0 aromatic carbocycles. The van der Waals surface area contributed by atoms with Crippen LogP contribution in [0.4, 0.5) is 0 Å². The Balaban J connectivity index is 2.34. The summed E-state index contributed by atoms with van der Waals surface area (Å²) in [6.45, 7) is 6.40. The molecule has 0 spiro atoms. The first-order valence-corrected chi connectivity index (χ1v) is 5.55. The van der Waals surface area contributed by atoms with Crippen molar-refractivity contribution in [3.8, 4) is 0 Å². The van der Waals surface area contributed by atoms with Crippen LogP contribution in [-0.4, -0.2) is 18.1 Å². The molecular weight excluding hydrogens is 184 g/mol. The molecule has 0 radical (unpaired) electrons. The summed E-state index contributed by atoms with van der Waals surface area (Å²) >= 11 is 6.16. The Morgan fingerprint density at radius 1 is 1.46 bits per heavy atom. The van der Waals surface area contributed by atoms with Crippen molar-refractivity contribution in [2.45, 2.75) is 57.4 Å². The summed E-state index contributed by atoms with van der Waals surface area (Å²) in [6.07, 6.45) is 4.92. The summed E-state index contributed by atoms with van der Waals surface area (Å²) in [4.78, 5) is 0. The van der Waals surface area contributed by atoms with Crippen LogP contribution < -0.4 is 0 Å². The highest BCUT2D eigenvalue weighted by atomic mass is 35.5. The lowest BCUT2D eigenvalue weighted by molar-refractivity contribution is 0.00924. The monoisotopic (exact) mass is 204 g/mol. The second-order valence-corrected chi connectivity index (χ2v) is 5.60. The molecule has 78 valence electrons. The lowest BCUT2D eigenvalue weighted by Gasteiger charge is -2.26. The third-order valence-corrected chi connectivity index (χ3v) is 3.98. The fraction of sp³-hybridized carbons (Fsp3) is 1.00. The summed E-state index contributed by atoms with van der Waals surface area (Å²) in [5.74, 6) is 0. The summed E-state index contributed by atoms with van der Waals surface area (Å²) in [5.41, 5.74) is 0.457. The molecule has 1 fully saturated rings. The maximum atomic E-state index is 6.16. The SMILES string of the molecule is COC(C)(C)CCC1(C(C)Cl)CC1. The van der Waals surface area contributed by atoms with Crippen molar-refractivity contribution in [3.63, 3.8) is 0 Å². The number of rotatable bonds is 5. The molecule has 1 atom stereocenters. The molecule has 1 nitrogen and oxygen atoms in total. The Kier molecular flexibility index (Phi) is 3.29. The zero-order valence-electron chi connectivity index (χ0n) is 9.19. The standard InChI is InChI=1S/C11H21ClO/c1-9(12)11(7-8-11)6-5-10(2,3)13-4/h9H,5-8H2,1-4H3. The van der Waals surface area contributed by atoms with E-state index < -0.39 is 0 Å². The van der Waals surface area contributed by atoms with Crippen molar-refractivity contribution in [1.82, 2.24) is 0 Å². The first-order chi connectivity index (χ1) is 5.92. The number of hydrogen-bond acceptors (Lipinski definition) is 1. The van der Waals surface area contributed by atoms with E-state index in [9.17, 15) is 0 Å². The van der Waals surface area contributed by atoms with Crippen molar-refractivity contribution in [1.29, 1.82) is 0 Å². The van der Waals surface area contributed by atoms with Gasteiger partial charge >= 0.3 is 0 Å². The van der Waals surface area contributed by atoms with E-state index in [1.165, 1.54) is 19.3 Å². The molecule has 0 heterocycles. The fourth-order valence-corrected chi connectivity index (χ4v) is 1.99. The van der Waals surface area contributed by atoms with Crippen LogP contribution in [0.1, 0.15) is 46.5 Å². The van der Waals surface area contributed by atoms with Crippen LogP contribution >= 0.6 is 11.6 Å². The smallest absolute Gasteiger partial charge is 0.0623 e. The van der Waals surface area contributed by atoms with E-state index in [0.29, 0.717) is 10.8 Å². The van der Waals surface area contributed by atoms with Crippen LogP contribution in [-0.2, 0) is 4.74 Å². The van der Waals surface area contributed by atoms with Crippen molar-refractivity contribution in [2.24, 2.45) is 5.41 Å². The molecule has 1 aliphatic rings. The summed E-state index contributed by atoms with van der Waals surface area (Å²) in [6, 6.07) is 0. The summed E-state index contributed by atoms with van der Waals surface area (Å²) in [7, 11) is 1.78. The molecule has 0 saturated heterocycles. The van der Waals surface area contributed by atoms with Gasteiger partial charge in [0.1, 0.15) is 0 Å². The van der Waals surface area contributed by atoms with Gasteiger partial charge in [0.25, 0.3) is 0 Å². The zero-order chi connectivity index (χ0) is 10.1. The van der Waals surface area contributed by atoms with Crippen LogP contribution in [0, 0.1) is 5.41 Å². The van der Waals surface area contributed by atoms with Gasteiger partial charge in [-0.05, 0) is 51.9 Å². The average molecular weight is 205 g/mol. The Labute approximate surface area is 86.8 Å². The van der Waals surface area contributed by atoms with Crippen LogP contribution in [0.2, 0.25) is 0 Å². The predicted molar refractivity (Wildman–Crippen MR) is 57.3 cm³/mol. The van der Waals surface area contributed by atoms with Gasteiger partial charge in [-0.15, -0.1) is 11.6 Å². The first kappa shape index (κ1) is 11.3. The third kappa shape index (κ3) is 2.85. The molecule has 1 aliphatic carbocycles. The molecule has 0 aliphatic heterocycles. The average Bonchev–Trinajstić information content (AvgIpc) is 2.82. The van der Waals surface area contributed by atoms with Crippen molar-refractivity contribution >= 4 is 11.6 Å². The molecule has 0 aromatic heterocycles. The summed E-state index contributed by atoms with van der Waals surface area (Å²) in [5, 5.41) is 0.320. The second kappa shape index (κ2) is 3.78. The van der Waals surface area contributed by atoms with Crippen LogP contribution in [0.5, 0.6) is 0 Å². The molecule has 1 rings (SSSR count). The molecule has 0 aromatic rings. The van der Waals surface area contributed by atoms with E-state index in [1.807, 2.05) is 0 Å². The van der Waals surface area contributed by atoms with E-state index in [-0.39, 0.29) is 5.60 Å². The first-order valence-electron chi connectivity index (χ1n) is 5.11. The van der Waals surface area contributed by atoms with Gasteiger partial charge in [-0.25, -0.2) is 0 Å². The molecule has 1 saturated carbocycles. The topological polar surface area (TPSA) is 9.23 Å². The van der Waals surface area contributed by atoms with Gasteiger partial charge in [-0.3, -0.25) is 0 Å². The van der Waals surface area contributed by atoms with Crippen molar-refractivity contribution in [3.05, 3.63) is 0 Å². The van der Waals surface area contributed by atoms with Gasteiger partial charge in [0.05, 0.1) is 5.60 Å². The number of halogens is 1. The van der Waals surface area contributed by atoms with E-state index in [4.69, 9.17) is 16.3 Å². The van der Waals surface area contributed by atoms with E-state index in [2.05, 4.69) is 20.8 Å². The van der Waals surface area contributed by atoms with Crippen LogP contribution in [0.3, 0.4) is 0 Å². The number of hydrogen-bond donors (Lipinski definition) is 0. The lowest BCUT2D eigenvalue weighted by atomic mass is 9.90. The van der Waals surface area contributed by atoms with Gasteiger partial charge in [0, 0.05) is 12.5 Å². The fourth-order valence-electron chi connectivity index (χ4n) is 1.66. The van der Waals surface area contributed by atoms with E-state index >= 15 is 0 Å². The minimum absolute atomic E-state index is 0.0152. The van der Waals surface area contributed by atoms with Crippen LogP contribution in [0.25, 0.3) is 0 Å². The largest absolute Gasteiger partial charge is 0.379 e. The number of ether oxygens (including phenoxy) is 1. The van der Waals surface area contributed by atoms with Gasteiger partial charge < -0.3 is 4.74 Å². The van der Waals surface area contributed by atoms with Gasteiger partial charge in [0.2, 0.25) is 0 Å². The Hall–Kier alpha value is 0.250. The third-order valence-electron chi connectivity index (χ3n) is 3.51. The molecule has 0 N–H and O–H groups in total. The quantitative estimate of drug-likeness (QED) is 0.622. The predicted octanol–water partition coefficient (Wildman–Crippen LogP) is 3.60. The number of alkyl halides is 1. The normalized spacial score (nSPS) is 22.8. The van der Waals surface area contributed by atoms with Crippen molar-refractivity contribution in [2.75, 3.05) is 7.11 Å². The maximum absolute atomic E-state index is 6.16. The molecule has 0 amide bonds. The van der Waals surface area contributed by atoms with E-state index in [0.717, 1.165) is 6.42 Å². The highest BCUT2D eigenvalue weighted by Gasteiger charge is 2.46. The molecule has 0 bridgehead atoms.